The zero-order chi connectivity index (χ0) is 18.5. The van der Waals surface area contributed by atoms with Gasteiger partial charge in [0.2, 0.25) is 0 Å². The maximum atomic E-state index is 12.5. The van der Waals surface area contributed by atoms with Crippen molar-refractivity contribution in [3.05, 3.63) is 90.1 Å². The molecule has 1 N–H and O–H groups in total. The molecule has 0 bridgehead atoms. The number of hydrogen-bond acceptors (Lipinski definition) is 5. The van der Waals surface area contributed by atoms with Gasteiger partial charge in [0.25, 0.3) is 5.91 Å². The summed E-state index contributed by atoms with van der Waals surface area (Å²) in [7, 11) is 0. The minimum atomic E-state index is -0.133. The molecule has 6 heteroatoms. The monoisotopic (exact) mass is 389 g/mol. The number of amides is 1. The maximum absolute atomic E-state index is 12.5. The Bertz CT molecular complexity index is 1020. The van der Waals surface area contributed by atoms with Crippen LogP contribution < -0.4 is 5.32 Å². The van der Waals surface area contributed by atoms with Crippen LogP contribution in [0.4, 0.5) is 5.69 Å². The van der Waals surface area contributed by atoms with Gasteiger partial charge < -0.3 is 5.32 Å². The fourth-order valence-corrected chi connectivity index (χ4v) is 3.89. The molecule has 0 aliphatic heterocycles. The van der Waals surface area contributed by atoms with Gasteiger partial charge in [-0.1, -0.05) is 17.8 Å². The Morgan fingerprint density at radius 2 is 1.70 bits per heavy atom. The molecular formula is C21H15N3OS2. The summed E-state index contributed by atoms with van der Waals surface area (Å²) in [5, 5.41) is 6.76. The summed E-state index contributed by atoms with van der Waals surface area (Å²) in [6.45, 7) is 0. The number of carbonyl (C=O) groups is 1. The SMILES string of the molecule is O=C(Nc1ccc(-c2nccs2)cc1)c1ccc(Sc2ccccn2)cc1. The van der Waals surface area contributed by atoms with Crippen LogP contribution in [0, 0.1) is 0 Å². The molecule has 0 unspecified atom stereocenters. The maximum Gasteiger partial charge on any atom is 0.255 e. The van der Waals surface area contributed by atoms with Crippen LogP contribution in [0.5, 0.6) is 0 Å². The summed E-state index contributed by atoms with van der Waals surface area (Å²) in [6, 6.07) is 21.0. The quantitative estimate of drug-likeness (QED) is 0.482. The lowest BCUT2D eigenvalue weighted by Gasteiger charge is -2.07. The van der Waals surface area contributed by atoms with E-state index in [0.717, 1.165) is 26.2 Å². The number of aromatic nitrogens is 2. The van der Waals surface area contributed by atoms with Crippen LogP contribution in [-0.2, 0) is 0 Å². The summed E-state index contributed by atoms with van der Waals surface area (Å²) in [5.74, 6) is -0.133. The van der Waals surface area contributed by atoms with Gasteiger partial charge in [0.05, 0.1) is 0 Å². The highest BCUT2D eigenvalue weighted by Gasteiger charge is 2.07. The highest BCUT2D eigenvalue weighted by molar-refractivity contribution is 7.99. The Morgan fingerprint density at radius 3 is 2.37 bits per heavy atom. The Labute approximate surface area is 165 Å². The molecule has 4 rings (SSSR count). The molecule has 0 radical (unpaired) electrons. The van der Waals surface area contributed by atoms with Gasteiger partial charge in [-0.05, 0) is 60.7 Å². The van der Waals surface area contributed by atoms with Crippen molar-refractivity contribution in [3.63, 3.8) is 0 Å². The standard InChI is InChI=1S/C21H15N3OS2/c25-20(24-17-8-4-16(5-9-17)21-23-13-14-26-21)15-6-10-18(11-7-15)27-19-3-1-2-12-22-19/h1-14H,(H,24,25). The van der Waals surface area contributed by atoms with Gasteiger partial charge in [0, 0.05) is 39.5 Å². The van der Waals surface area contributed by atoms with E-state index in [9.17, 15) is 4.79 Å². The first-order valence-corrected chi connectivity index (χ1v) is 9.98. The lowest BCUT2D eigenvalue weighted by molar-refractivity contribution is 0.102. The number of anilines is 1. The topological polar surface area (TPSA) is 54.9 Å². The number of rotatable bonds is 5. The van der Waals surface area contributed by atoms with Crippen molar-refractivity contribution in [3.8, 4) is 10.6 Å². The van der Waals surface area contributed by atoms with Gasteiger partial charge in [0.1, 0.15) is 10.0 Å². The number of pyridine rings is 1. The van der Waals surface area contributed by atoms with Crippen LogP contribution in [0.2, 0.25) is 0 Å². The molecule has 2 heterocycles. The van der Waals surface area contributed by atoms with E-state index in [-0.39, 0.29) is 5.91 Å². The molecule has 2 aromatic carbocycles. The number of hydrogen-bond donors (Lipinski definition) is 1. The summed E-state index contributed by atoms with van der Waals surface area (Å²) in [6.07, 6.45) is 3.55. The van der Waals surface area contributed by atoms with Crippen molar-refractivity contribution in [2.24, 2.45) is 0 Å². The van der Waals surface area contributed by atoms with E-state index < -0.39 is 0 Å². The van der Waals surface area contributed by atoms with Gasteiger partial charge in [-0.15, -0.1) is 11.3 Å². The van der Waals surface area contributed by atoms with Gasteiger partial charge in [-0.2, -0.15) is 0 Å². The largest absolute Gasteiger partial charge is 0.322 e. The highest BCUT2D eigenvalue weighted by atomic mass is 32.2. The second kappa shape index (κ2) is 8.16. The fraction of sp³-hybridized carbons (Fsp3) is 0. The Balaban J connectivity index is 1.40. The Morgan fingerprint density at radius 1 is 0.889 bits per heavy atom. The first kappa shape index (κ1) is 17.5. The summed E-state index contributed by atoms with van der Waals surface area (Å²) in [4.78, 5) is 22.1. The van der Waals surface area contributed by atoms with Crippen molar-refractivity contribution < 1.29 is 4.79 Å². The normalized spacial score (nSPS) is 10.5. The first-order valence-electron chi connectivity index (χ1n) is 8.28. The minimum Gasteiger partial charge on any atom is -0.322 e. The molecule has 27 heavy (non-hydrogen) atoms. The van der Waals surface area contributed by atoms with Crippen molar-refractivity contribution in [1.82, 2.24) is 9.97 Å². The Kier molecular flexibility index (Phi) is 5.27. The molecular weight excluding hydrogens is 374 g/mol. The van der Waals surface area contributed by atoms with Crippen LogP contribution in [0.15, 0.2) is 94.4 Å². The number of benzene rings is 2. The smallest absolute Gasteiger partial charge is 0.255 e. The molecule has 0 atom stereocenters. The predicted molar refractivity (Wildman–Crippen MR) is 110 cm³/mol. The lowest BCUT2D eigenvalue weighted by atomic mass is 10.2. The lowest BCUT2D eigenvalue weighted by Crippen LogP contribution is -2.11. The van der Waals surface area contributed by atoms with Gasteiger partial charge >= 0.3 is 0 Å². The zero-order valence-electron chi connectivity index (χ0n) is 14.2. The average Bonchev–Trinajstić information content (AvgIpc) is 3.25. The predicted octanol–water partition coefficient (Wildman–Crippen LogP) is 5.61. The number of nitrogens with one attached hydrogen (secondary N) is 1. The zero-order valence-corrected chi connectivity index (χ0v) is 15.8. The van der Waals surface area contributed by atoms with Crippen LogP contribution >= 0.6 is 23.1 Å². The molecule has 0 aliphatic carbocycles. The van der Waals surface area contributed by atoms with Gasteiger partial charge in [0.15, 0.2) is 0 Å². The molecule has 4 aromatic rings. The van der Waals surface area contributed by atoms with Crippen LogP contribution in [0.3, 0.4) is 0 Å². The minimum absolute atomic E-state index is 0.133. The van der Waals surface area contributed by atoms with Crippen molar-refractivity contribution in [2.45, 2.75) is 9.92 Å². The molecule has 0 saturated heterocycles. The molecule has 4 nitrogen and oxygen atoms in total. The van der Waals surface area contributed by atoms with Gasteiger partial charge in [-0.3, -0.25) is 4.79 Å². The van der Waals surface area contributed by atoms with E-state index in [1.54, 1.807) is 35.5 Å². The third-order valence-corrected chi connectivity index (χ3v) is 5.58. The van der Waals surface area contributed by atoms with Gasteiger partial charge in [-0.25, -0.2) is 9.97 Å². The molecule has 132 valence electrons. The van der Waals surface area contributed by atoms with Crippen LogP contribution in [-0.4, -0.2) is 15.9 Å². The summed E-state index contributed by atoms with van der Waals surface area (Å²) >= 11 is 3.15. The second-order valence-electron chi connectivity index (χ2n) is 5.66. The van der Waals surface area contributed by atoms with E-state index in [4.69, 9.17) is 0 Å². The van der Waals surface area contributed by atoms with E-state index >= 15 is 0 Å². The third kappa shape index (κ3) is 4.42. The summed E-state index contributed by atoms with van der Waals surface area (Å²) < 4.78 is 0. The molecule has 0 aliphatic rings. The Hall–Kier alpha value is -2.96. The van der Waals surface area contributed by atoms with E-state index in [1.165, 1.54) is 0 Å². The molecule has 0 spiro atoms. The third-order valence-electron chi connectivity index (χ3n) is 3.80. The molecule has 1 amide bonds. The van der Waals surface area contributed by atoms with Crippen molar-refractivity contribution in [2.75, 3.05) is 5.32 Å². The number of carbonyl (C=O) groups excluding carboxylic acids is 1. The van der Waals surface area contributed by atoms with Crippen molar-refractivity contribution >= 4 is 34.7 Å². The molecule has 0 saturated carbocycles. The number of nitrogens with zero attached hydrogens (tertiary/aromatic N) is 2. The first-order chi connectivity index (χ1) is 13.3. The average molecular weight is 390 g/mol. The van der Waals surface area contributed by atoms with E-state index in [0.29, 0.717) is 5.56 Å². The molecule has 0 fully saturated rings. The van der Waals surface area contributed by atoms with Crippen LogP contribution in [0.25, 0.3) is 10.6 Å². The highest BCUT2D eigenvalue weighted by Crippen LogP contribution is 2.26. The van der Waals surface area contributed by atoms with Crippen molar-refractivity contribution in [1.29, 1.82) is 0 Å². The molecule has 2 aromatic heterocycles. The van der Waals surface area contributed by atoms with E-state index in [1.807, 2.05) is 72.1 Å². The fourth-order valence-electron chi connectivity index (χ4n) is 2.47. The number of thiazole rings is 1. The summed E-state index contributed by atoms with van der Waals surface area (Å²) in [5.41, 5.74) is 2.41. The van der Waals surface area contributed by atoms with Crippen LogP contribution in [0.1, 0.15) is 10.4 Å². The van der Waals surface area contributed by atoms with E-state index in [2.05, 4.69) is 15.3 Å². The second-order valence-corrected chi connectivity index (χ2v) is 7.65.